The molecule has 1 fully saturated rings. The van der Waals surface area contributed by atoms with Crippen molar-refractivity contribution in [3.63, 3.8) is 0 Å². The molecule has 1 heterocycles. The van der Waals surface area contributed by atoms with Gasteiger partial charge in [-0.05, 0) is 61.3 Å². The maximum Gasteiger partial charge on any atom is 0.319 e. The van der Waals surface area contributed by atoms with Gasteiger partial charge in [-0.25, -0.2) is 4.79 Å². The normalized spacial score (nSPS) is 14.3. The van der Waals surface area contributed by atoms with E-state index in [1.54, 1.807) is 37.4 Å². The van der Waals surface area contributed by atoms with Gasteiger partial charge in [-0.15, -0.1) is 0 Å². The SMILES string of the molecule is COc1cccc(NC(=O)NC(CCCN2CCOCC2)c2ccc(C(=O)Nc3ccccc3N)cc2)c1. The minimum absolute atomic E-state index is 0.233. The highest BCUT2D eigenvalue weighted by molar-refractivity contribution is 6.05. The molecule has 0 spiro atoms. The van der Waals surface area contributed by atoms with Crippen molar-refractivity contribution in [1.29, 1.82) is 0 Å². The quantitative estimate of drug-likeness (QED) is 0.294. The van der Waals surface area contributed by atoms with Crippen molar-refractivity contribution in [3.8, 4) is 5.75 Å². The van der Waals surface area contributed by atoms with Gasteiger partial charge in [0.05, 0.1) is 37.7 Å². The second kappa shape index (κ2) is 13.5. The molecule has 0 aromatic heterocycles. The van der Waals surface area contributed by atoms with Crippen molar-refractivity contribution in [3.05, 3.63) is 83.9 Å². The number of methoxy groups -OCH3 is 1. The van der Waals surface area contributed by atoms with Gasteiger partial charge in [0.25, 0.3) is 5.91 Å². The van der Waals surface area contributed by atoms with Gasteiger partial charge in [0.1, 0.15) is 5.75 Å². The van der Waals surface area contributed by atoms with Gasteiger partial charge in [0.15, 0.2) is 0 Å². The third kappa shape index (κ3) is 7.71. The van der Waals surface area contributed by atoms with Crippen molar-refractivity contribution in [1.82, 2.24) is 10.2 Å². The summed E-state index contributed by atoms with van der Waals surface area (Å²) in [5, 5.41) is 8.83. The monoisotopic (exact) mass is 517 g/mol. The van der Waals surface area contributed by atoms with E-state index in [4.69, 9.17) is 15.2 Å². The van der Waals surface area contributed by atoms with Crippen LogP contribution in [0.25, 0.3) is 0 Å². The molecule has 9 nitrogen and oxygen atoms in total. The molecule has 3 aromatic rings. The largest absolute Gasteiger partial charge is 0.497 e. The number of para-hydroxylation sites is 2. The first-order valence-electron chi connectivity index (χ1n) is 12.8. The summed E-state index contributed by atoms with van der Waals surface area (Å²) in [5.41, 5.74) is 9.09. The number of nitrogen functional groups attached to an aromatic ring is 1. The first-order valence-corrected chi connectivity index (χ1v) is 12.8. The summed E-state index contributed by atoms with van der Waals surface area (Å²) in [7, 11) is 1.59. The van der Waals surface area contributed by atoms with Crippen LogP contribution in [0, 0.1) is 0 Å². The molecule has 200 valence electrons. The number of hydrogen-bond donors (Lipinski definition) is 4. The number of anilines is 3. The molecule has 1 unspecified atom stereocenters. The molecule has 9 heteroatoms. The van der Waals surface area contributed by atoms with Gasteiger partial charge in [-0.1, -0.05) is 30.3 Å². The van der Waals surface area contributed by atoms with E-state index in [0.717, 1.165) is 51.3 Å². The molecule has 1 atom stereocenters. The smallest absolute Gasteiger partial charge is 0.319 e. The molecule has 0 bridgehead atoms. The van der Waals surface area contributed by atoms with Crippen molar-refractivity contribution in [2.45, 2.75) is 18.9 Å². The molecule has 3 aromatic carbocycles. The van der Waals surface area contributed by atoms with Crippen LogP contribution < -0.4 is 26.4 Å². The summed E-state index contributed by atoms with van der Waals surface area (Å²) in [4.78, 5) is 28.0. The van der Waals surface area contributed by atoms with Crippen LogP contribution in [0.3, 0.4) is 0 Å². The Morgan fingerprint density at radius 3 is 2.50 bits per heavy atom. The van der Waals surface area contributed by atoms with Gasteiger partial charge < -0.3 is 31.2 Å². The molecule has 3 amide bonds. The van der Waals surface area contributed by atoms with E-state index < -0.39 is 0 Å². The molecule has 0 aliphatic carbocycles. The van der Waals surface area contributed by atoms with Crippen molar-refractivity contribution in [2.75, 3.05) is 56.3 Å². The highest BCUT2D eigenvalue weighted by atomic mass is 16.5. The summed E-state index contributed by atoms with van der Waals surface area (Å²) in [6.07, 6.45) is 1.65. The second-order valence-electron chi connectivity index (χ2n) is 9.14. The first-order chi connectivity index (χ1) is 18.5. The Kier molecular flexibility index (Phi) is 9.55. The lowest BCUT2D eigenvalue weighted by Gasteiger charge is -2.27. The Bertz CT molecular complexity index is 1210. The van der Waals surface area contributed by atoms with Crippen LogP contribution in [-0.4, -0.2) is 56.8 Å². The Balaban J connectivity index is 1.42. The zero-order chi connectivity index (χ0) is 26.7. The van der Waals surface area contributed by atoms with E-state index >= 15 is 0 Å². The third-order valence-corrected chi connectivity index (χ3v) is 6.49. The van der Waals surface area contributed by atoms with Crippen LogP contribution in [-0.2, 0) is 4.74 Å². The van der Waals surface area contributed by atoms with E-state index in [2.05, 4.69) is 20.9 Å². The van der Waals surface area contributed by atoms with Gasteiger partial charge >= 0.3 is 6.03 Å². The van der Waals surface area contributed by atoms with Crippen molar-refractivity contribution < 1.29 is 19.1 Å². The molecule has 5 N–H and O–H groups in total. The number of benzene rings is 3. The van der Waals surface area contributed by atoms with E-state index in [0.29, 0.717) is 28.4 Å². The molecule has 1 aliphatic heterocycles. The maximum atomic E-state index is 12.9. The van der Waals surface area contributed by atoms with Gasteiger partial charge in [0.2, 0.25) is 0 Å². The molecule has 1 saturated heterocycles. The lowest BCUT2D eigenvalue weighted by molar-refractivity contribution is 0.0369. The highest BCUT2D eigenvalue weighted by Crippen LogP contribution is 2.23. The lowest BCUT2D eigenvalue weighted by Crippen LogP contribution is -2.37. The predicted octanol–water partition coefficient (Wildman–Crippen LogP) is 4.50. The Morgan fingerprint density at radius 2 is 1.76 bits per heavy atom. The number of nitrogens with zero attached hydrogens (tertiary/aromatic N) is 1. The molecule has 0 saturated carbocycles. The fourth-order valence-electron chi connectivity index (χ4n) is 4.36. The Morgan fingerprint density at radius 1 is 1.00 bits per heavy atom. The standard InChI is InChI=1S/C29H35N5O4/c1-37-24-7-4-6-23(20-24)31-29(36)33-26(10-5-15-34-16-18-38-19-17-34)21-11-13-22(14-12-21)28(35)32-27-9-3-2-8-25(27)30/h2-4,6-9,11-14,20,26H,5,10,15-19,30H2,1H3,(H,32,35)(H2,31,33,36). The molecular formula is C29H35N5O4. The minimum Gasteiger partial charge on any atom is -0.497 e. The fourth-order valence-corrected chi connectivity index (χ4v) is 4.36. The number of carbonyl (C=O) groups excluding carboxylic acids is 2. The van der Waals surface area contributed by atoms with Crippen LogP contribution >= 0.6 is 0 Å². The van der Waals surface area contributed by atoms with Crippen molar-refractivity contribution in [2.24, 2.45) is 0 Å². The molecule has 1 aliphatic rings. The summed E-state index contributed by atoms with van der Waals surface area (Å²) in [6.45, 7) is 4.28. The average molecular weight is 518 g/mol. The molecule has 0 radical (unpaired) electrons. The highest BCUT2D eigenvalue weighted by Gasteiger charge is 2.18. The van der Waals surface area contributed by atoms with Crippen LogP contribution in [0.4, 0.5) is 21.9 Å². The summed E-state index contributed by atoms with van der Waals surface area (Å²) in [6, 6.07) is 21.1. The predicted molar refractivity (Wildman–Crippen MR) is 150 cm³/mol. The van der Waals surface area contributed by atoms with Crippen LogP contribution in [0.15, 0.2) is 72.8 Å². The van der Waals surface area contributed by atoms with Crippen LogP contribution in [0.2, 0.25) is 0 Å². The summed E-state index contributed by atoms with van der Waals surface area (Å²) >= 11 is 0. The van der Waals surface area contributed by atoms with E-state index in [1.165, 1.54) is 0 Å². The van der Waals surface area contributed by atoms with Gasteiger partial charge in [0, 0.05) is 30.4 Å². The molecule has 38 heavy (non-hydrogen) atoms. The summed E-state index contributed by atoms with van der Waals surface area (Å²) in [5.74, 6) is 0.415. The zero-order valence-corrected chi connectivity index (χ0v) is 21.6. The number of hydrogen-bond acceptors (Lipinski definition) is 6. The van der Waals surface area contributed by atoms with E-state index in [-0.39, 0.29) is 18.0 Å². The number of nitrogens with two attached hydrogens (primary N) is 1. The zero-order valence-electron chi connectivity index (χ0n) is 21.6. The first kappa shape index (κ1) is 27.0. The van der Waals surface area contributed by atoms with Crippen LogP contribution in [0.1, 0.15) is 34.8 Å². The second-order valence-corrected chi connectivity index (χ2v) is 9.14. The fraction of sp³-hybridized carbons (Fsp3) is 0.310. The minimum atomic E-state index is -0.309. The Hall–Kier alpha value is -4.08. The number of morpholine rings is 1. The number of amides is 3. The average Bonchev–Trinajstić information content (AvgIpc) is 2.94. The third-order valence-electron chi connectivity index (χ3n) is 6.49. The number of ether oxygens (including phenoxy) is 2. The topological polar surface area (TPSA) is 118 Å². The summed E-state index contributed by atoms with van der Waals surface area (Å²) < 4.78 is 10.7. The Labute approximate surface area is 223 Å². The van der Waals surface area contributed by atoms with E-state index in [9.17, 15) is 9.59 Å². The number of rotatable bonds is 10. The molecule has 4 rings (SSSR count). The number of urea groups is 1. The number of nitrogens with one attached hydrogen (secondary N) is 3. The van der Waals surface area contributed by atoms with E-state index in [1.807, 2.05) is 42.5 Å². The van der Waals surface area contributed by atoms with Gasteiger partial charge in [-0.2, -0.15) is 0 Å². The van der Waals surface area contributed by atoms with Crippen LogP contribution in [0.5, 0.6) is 5.75 Å². The van der Waals surface area contributed by atoms with Gasteiger partial charge in [-0.3, -0.25) is 9.69 Å². The van der Waals surface area contributed by atoms with Crippen molar-refractivity contribution >= 4 is 29.0 Å². The lowest BCUT2D eigenvalue weighted by atomic mass is 10.00. The number of carbonyl (C=O) groups is 2. The maximum absolute atomic E-state index is 12.9. The molecular weight excluding hydrogens is 482 g/mol.